The Labute approximate surface area is 88.4 Å². The second-order valence-corrected chi connectivity index (χ2v) is 3.62. The Bertz CT molecular complexity index is 435. The Morgan fingerprint density at radius 3 is 2.64 bits per heavy atom. The number of nitrogens with two attached hydrogens (primary N) is 1. The number of furan rings is 1. The van der Waals surface area contributed by atoms with E-state index in [1.807, 2.05) is 0 Å². The molecular formula is C8H8BrN3O2. The third-order valence-electron chi connectivity index (χ3n) is 1.61. The number of rotatable bonds is 2. The minimum Gasteiger partial charge on any atom is -0.444 e. The molecule has 0 saturated carbocycles. The van der Waals surface area contributed by atoms with Crippen molar-refractivity contribution in [3.05, 3.63) is 22.7 Å². The average Bonchev–Trinajstić information content (AvgIpc) is 2.70. The molecule has 1 unspecified atom stereocenters. The van der Waals surface area contributed by atoms with Crippen LogP contribution in [0.5, 0.6) is 0 Å². The normalized spacial score (nSPS) is 13.1. The van der Waals surface area contributed by atoms with E-state index in [-0.39, 0.29) is 6.04 Å². The zero-order valence-corrected chi connectivity index (χ0v) is 8.98. The molecule has 0 radical (unpaired) electrons. The molecule has 0 aliphatic carbocycles. The summed E-state index contributed by atoms with van der Waals surface area (Å²) in [7, 11) is 0. The molecule has 0 aliphatic heterocycles. The highest BCUT2D eigenvalue weighted by Crippen LogP contribution is 2.24. The van der Waals surface area contributed by atoms with Crippen molar-refractivity contribution in [1.82, 2.24) is 10.2 Å². The summed E-state index contributed by atoms with van der Waals surface area (Å²) in [6.07, 6.45) is 0. The van der Waals surface area contributed by atoms with E-state index < -0.39 is 0 Å². The fraction of sp³-hybridized carbons (Fsp3) is 0.250. The Hall–Kier alpha value is -1.14. The van der Waals surface area contributed by atoms with Gasteiger partial charge >= 0.3 is 0 Å². The maximum Gasteiger partial charge on any atom is 0.283 e. The standard InChI is InChI=1S/C8H8BrN3O2/c1-4(10)7-11-12-8(14-7)5-2-3-6(9)13-5/h2-4H,10H2,1H3. The van der Waals surface area contributed by atoms with Crippen LogP contribution in [0.1, 0.15) is 18.9 Å². The first-order valence-corrected chi connectivity index (χ1v) is 4.81. The summed E-state index contributed by atoms with van der Waals surface area (Å²) in [5, 5.41) is 7.59. The lowest BCUT2D eigenvalue weighted by Crippen LogP contribution is -2.04. The van der Waals surface area contributed by atoms with Gasteiger partial charge in [0.15, 0.2) is 10.4 Å². The van der Waals surface area contributed by atoms with Crippen LogP contribution in [-0.4, -0.2) is 10.2 Å². The Balaban J connectivity index is 2.33. The zero-order valence-electron chi connectivity index (χ0n) is 7.40. The van der Waals surface area contributed by atoms with Crippen LogP contribution in [0.15, 0.2) is 25.6 Å². The van der Waals surface area contributed by atoms with Crippen molar-refractivity contribution in [2.45, 2.75) is 13.0 Å². The van der Waals surface area contributed by atoms with Crippen LogP contribution in [-0.2, 0) is 0 Å². The SMILES string of the molecule is CC(N)c1nnc(-c2ccc(Br)o2)o1. The van der Waals surface area contributed by atoms with E-state index in [2.05, 4.69) is 26.1 Å². The van der Waals surface area contributed by atoms with Gasteiger partial charge in [0.2, 0.25) is 5.89 Å². The van der Waals surface area contributed by atoms with Crippen molar-refractivity contribution < 1.29 is 8.83 Å². The molecule has 0 saturated heterocycles. The smallest absolute Gasteiger partial charge is 0.283 e. The molecule has 74 valence electrons. The Morgan fingerprint density at radius 2 is 2.14 bits per heavy atom. The molecule has 5 nitrogen and oxygen atoms in total. The summed E-state index contributed by atoms with van der Waals surface area (Å²) in [6, 6.07) is 3.22. The molecule has 2 aromatic heterocycles. The van der Waals surface area contributed by atoms with Crippen LogP contribution in [0, 0.1) is 0 Å². The highest BCUT2D eigenvalue weighted by Gasteiger charge is 2.13. The minimum atomic E-state index is -0.269. The third-order valence-corrected chi connectivity index (χ3v) is 2.04. The lowest BCUT2D eigenvalue weighted by molar-refractivity contribution is 0.453. The van der Waals surface area contributed by atoms with Crippen molar-refractivity contribution in [3.8, 4) is 11.7 Å². The topological polar surface area (TPSA) is 78.1 Å². The van der Waals surface area contributed by atoms with Gasteiger partial charge < -0.3 is 14.6 Å². The maximum atomic E-state index is 5.57. The molecule has 2 N–H and O–H groups in total. The fourth-order valence-corrected chi connectivity index (χ4v) is 1.25. The van der Waals surface area contributed by atoms with Crippen LogP contribution in [0.2, 0.25) is 0 Å². The van der Waals surface area contributed by atoms with Crippen molar-refractivity contribution in [2.75, 3.05) is 0 Å². The van der Waals surface area contributed by atoms with Crippen LogP contribution >= 0.6 is 15.9 Å². The molecule has 2 rings (SSSR count). The molecule has 0 spiro atoms. The van der Waals surface area contributed by atoms with Gasteiger partial charge in [0.05, 0.1) is 6.04 Å². The summed E-state index contributed by atoms with van der Waals surface area (Å²) < 4.78 is 11.1. The second kappa shape index (κ2) is 3.55. The zero-order chi connectivity index (χ0) is 10.1. The van der Waals surface area contributed by atoms with E-state index in [9.17, 15) is 0 Å². The number of nitrogens with zero attached hydrogens (tertiary/aromatic N) is 2. The van der Waals surface area contributed by atoms with Gasteiger partial charge in [-0.3, -0.25) is 0 Å². The summed E-state index contributed by atoms with van der Waals surface area (Å²) in [6.45, 7) is 1.77. The largest absolute Gasteiger partial charge is 0.444 e. The molecule has 0 aliphatic rings. The number of hydrogen-bond acceptors (Lipinski definition) is 5. The van der Waals surface area contributed by atoms with E-state index >= 15 is 0 Å². The molecule has 6 heteroatoms. The first kappa shape index (κ1) is 9.42. The number of hydrogen-bond donors (Lipinski definition) is 1. The van der Waals surface area contributed by atoms with Crippen LogP contribution in [0.4, 0.5) is 0 Å². The molecule has 14 heavy (non-hydrogen) atoms. The molecule has 0 bridgehead atoms. The van der Waals surface area contributed by atoms with Gasteiger partial charge in [0, 0.05) is 0 Å². The fourth-order valence-electron chi connectivity index (χ4n) is 0.947. The predicted octanol–water partition coefficient (Wildman–Crippen LogP) is 2.11. The first-order chi connectivity index (χ1) is 6.66. The number of aromatic nitrogens is 2. The van der Waals surface area contributed by atoms with E-state index in [1.165, 1.54) is 0 Å². The van der Waals surface area contributed by atoms with Gasteiger partial charge in [-0.25, -0.2) is 0 Å². The molecule has 1 atom stereocenters. The first-order valence-electron chi connectivity index (χ1n) is 4.01. The average molecular weight is 258 g/mol. The molecule has 2 heterocycles. The van der Waals surface area contributed by atoms with Gasteiger partial charge in [0.25, 0.3) is 5.89 Å². The van der Waals surface area contributed by atoms with Crippen LogP contribution in [0.3, 0.4) is 0 Å². The van der Waals surface area contributed by atoms with E-state index in [0.29, 0.717) is 22.2 Å². The van der Waals surface area contributed by atoms with E-state index in [0.717, 1.165) is 0 Å². The third kappa shape index (κ3) is 1.71. The summed E-state index contributed by atoms with van der Waals surface area (Å²) in [5.74, 6) is 1.26. The van der Waals surface area contributed by atoms with Gasteiger partial charge in [-0.15, -0.1) is 10.2 Å². The van der Waals surface area contributed by atoms with Crippen molar-refractivity contribution in [3.63, 3.8) is 0 Å². The van der Waals surface area contributed by atoms with Crippen LogP contribution in [0.25, 0.3) is 11.7 Å². The van der Waals surface area contributed by atoms with Crippen molar-refractivity contribution >= 4 is 15.9 Å². The second-order valence-electron chi connectivity index (χ2n) is 2.84. The molecule has 0 fully saturated rings. The highest BCUT2D eigenvalue weighted by atomic mass is 79.9. The quantitative estimate of drug-likeness (QED) is 0.892. The van der Waals surface area contributed by atoms with Gasteiger partial charge in [0.1, 0.15) is 0 Å². The van der Waals surface area contributed by atoms with Crippen molar-refractivity contribution in [2.24, 2.45) is 5.73 Å². The van der Waals surface area contributed by atoms with Gasteiger partial charge in [-0.2, -0.15) is 0 Å². The summed E-state index contributed by atoms with van der Waals surface area (Å²) in [4.78, 5) is 0. The van der Waals surface area contributed by atoms with Gasteiger partial charge in [-0.05, 0) is 35.0 Å². The summed E-state index contributed by atoms with van der Waals surface area (Å²) >= 11 is 3.18. The van der Waals surface area contributed by atoms with Crippen LogP contribution < -0.4 is 5.73 Å². The van der Waals surface area contributed by atoms with Gasteiger partial charge in [-0.1, -0.05) is 0 Å². The van der Waals surface area contributed by atoms with Crippen molar-refractivity contribution in [1.29, 1.82) is 0 Å². The maximum absolute atomic E-state index is 5.57. The lowest BCUT2D eigenvalue weighted by Gasteiger charge is -1.93. The Morgan fingerprint density at radius 1 is 1.36 bits per heavy atom. The molecule has 2 aromatic rings. The van der Waals surface area contributed by atoms with E-state index in [1.54, 1.807) is 19.1 Å². The van der Waals surface area contributed by atoms with E-state index in [4.69, 9.17) is 14.6 Å². The number of halogens is 1. The summed E-state index contributed by atoms with van der Waals surface area (Å²) in [5.41, 5.74) is 5.57. The Kier molecular flexibility index (Phi) is 2.39. The lowest BCUT2D eigenvalue weighted by atomic mass is 10.4. The minimum absolute atomic E-state index is 0.269. The molecular weight excluding hydrogens is 250 g/mol. The molecule has 0 aromatic carbocycles. The molecule has 0 amide bonds. The monoisotopic (exact) mass is 257 g/mol. The highest BCUT2D eigenvalue weighted by molar-refractivity contribution is 9.10. The predicted molar refractivity (Wildman–Crippen MR) is 52.3 cm³/mol.